The number of rotatable bonds is 5. The second-order valence-electron chi connectivity index (χ2n) is 5.59. The molecule has 1 heterocycles. The van der Waals surface area contributed by atoms with Crippen LogP contribution in [0.3, 0.4) is 0 Å². The van der Waals surface area contributed by atoms with Gasteiger partial charge >= 0.3 is 0 Å². The topological polar surface area (TPSA) is 45.8 Å². The molecular weight excluding hydrogens is 324 g/mol. The smallest absolute Gasteiger partial charge is 0.265 e. The van der Waals surface area contributed by atoms with Crippen LogP contribution in [0.4, 0.5) is 0 Å². The highest BCUT2D eigenvalue weighted by Gasteiger charge is 2.16. The van der Waals surface area contributed by atoms with Crippen LogP contribution in [0.25, 0.3) is 0 Å². The van der Waals surface area contributed by atoms with Crippen LogP contribution in [0.2, 0.25) is 0 Å². The Hall–Kier alpha value is -0.290. The molecule has 0 unspecified atom stereocenters. The summed E-state index contributed by atoms with van der Waals surface area (Å²) < 4.78 is 0.593. The summed E-state index contributed by atoms with van der Waals surface area (Å²) in [6.07, 6.45) is 6.15. The molecule has 2 rings (SSSR count). The number of halogens is 1. The predicted molar refractivity (Wildman–Crippen MR) is 84.7 cm³/mol. The van der Waals surface area contributed by atoms with Crippen LogP contribution in [-0.4, -0.2) is 15.2 Å². The van der Waals surface area contributed by atoms with E-state index in [0.717, 1.165) is 28.9 Å². The summed E-state index contributed by atoms with van der Waals surface area (Å²) in [6, 6.07) is 0. The third-order valence-electron chi connectivity index (χ3n) is 3.34. The van der Waals surface area contributed by atoms with E-state index in [1.54, 1.807) is 0 Å². The van der Waals surface area contributed by atoms with E-state index < -0.39 is 0 Å². The van der Waals surface area contributed by atoms with Crippen LogP contribution in [0.15, 0.2) is 9.27 Å². The minimum atomic E-state index is -0.0485. The van der Waals surface area contributed by atoms with Gasteiger partial charge in [0.25, 0.3) is 5.56 Å². The molecule has 106 valence electrons. The molecular formula is C14H21BrN2OS. The van der Waals surface area contributed by atoms with Crippen molar-refractivity contribution < 1.29 is 0 Å². The van der Waals surface area contributed by atoms with Crippen LogP contribution >= 0.6 is 27.7 Å². The van der Waals surface area contributed by atoms with Gasteiger partial charge in [0, 0.05) is 5.25 Å². The molecule has 1 aliphatic carbocycles. The van der Waals surface area contributed by atoms with Crippen LogP contribution < -0.4 is 5.56 Å². The van der Waals surface area contributed by atoms with E-state index in [9.17, 15) is 4.79 Å². The summed E-state index contributed by atoms with van der Waals surface area (Å²) >= 11 is 5.28. The van der Waals surface area contributed by atoms with Crippen LogP contribution in [0.1, 0.15) is 51.0 Å². The number of nitrogens with zero attached hydrogens (tertiary/aromatic N) is 1. The van der Waals surface area contributed by atoms with Gasteiger partial charge in [0.1, 0.15) is 10.3 Å². The predicted octanol–water partition coefficient (Wildman–Crippen LogP) is 3.91. The van der Waals surface area contributed by atoms with E-state index in [1.807, 2.05) is 11.8 Å². The number of aromatic amines is 1. The maximum atomic E-state index is 11.9. The Morgan fingerprint density at radius 1 is 1.42 bits per heavy atom. The van der Waals surface area contributed by atoms with Gasteiger partial charge in [-0.15, -0.1) is 0 Å². The summed E-state index contributed by atoms with van der Waals surface area (Å²) in [4.78, 5) is 19.4. The van der Waals surface area contributed by atoms with Gasteiger partial charge in [-0.2, -0.15) is 11.8 Å². The first-order valence-corrected chi connectivity index (χ1v) is 8.79. The van der Waals surface area contributed by atoms with Crippen molar-refractivity contribution in [1.82, 2.24) is 9.97 Å². The molecule has 3 nitrogen and oxygen atoms in total. The molecule has 0 aliphatic heterocycles. The zero-order valence-electron chi connectivity index (χ0n) is 11.5. The van der Waals surface area contributed by atoms with Gasteiger partial charge in [-0.1, -0.05) is 26.7 Å². The number of nitrogens with one attached hydrogen (secondary N) is 1. The first kappa shape index (κ1) is 15.1. The lowest BCUT2D eigenvalue weighted by atomic mass is 10.1. The highest BCUT2D eigenvalue weighted by atomic mass is 79.9. The Morgan fingerprint density at radius 2 is 2.11 bits per heavy atom. The molecule has 0 spiro atoms. The molecule has 0 radical (unpaired) electrons. The van der Waals surface area contributed by atoms with E-state index >= 15 is 0 Å². The monoisotopic (exact) mass is 344 g/mol. The molecule has 1 saturated carbocycles. The number of aromatic nitrogens is 2. The van der Waals surface area contributed by atoms with Gasteiger partial charge in [-0.05, 0) is 41.1 Å². The Labute approximate surface area is 127 Å². The van der Waals surface area contributed by atoms with Crippen molar-refractivity contribution >= 4 is 27.7 Å². The maximum Gasteiger partial charge on any atom is 0.265 e. The lowest BCUT2D eigenvalue weighted by molar-refractivity contribution is 0.628. The van der Waals surface area contributed by atoms with Crippen molar-refractivity contribution in [2.75, 3.05) is 0 Å². The van der Waals surface area contributed by atoms with Crippen LogP contribution in [0.5, 0.6) is 0 Å². The average molecular weight is 345 g/mol. The minimum absolute atomic E-state index is 0.0485. The van der Waals surface area contributed by atoms with Crippen molar-refractivity contribution in [2.45, 2.75) is 57.0 Å². The number of hydrogen-bond acceptors (Lipinski definition) is 3. The Balaban J connectivity index is 2.07. The Kier molecular flexibility index (Phi) is 5.51. The van der Waals surface area contributed by atoms with Crippen LogP contribution in [-0.2, 0) is 12.2 Å². The lowest BCUT2D eigenvalue weighted by Crippen LogP contribution is -2.16. The molecule has 19 heavy (non-hydrogen) atoms. The molecule has 0 aromatic carbocycles. The highest BCUT2D eigenvalue weighted by Crippen LogP contribution is 2.31. The number of H-pyrrole nitrogens is 1. The molecule has 0 bridgehead atoms. The third-order valence-corrected chi connectivity index (χ3v) is 5.54. The number of thioether (sulfide) groups is 1. The molecule has 0 atom stereocenters. The number of hydrogen-bond donors (Lipinski definition) is 1. The Morgan fingerprint density at radius 3 is 2.74 bits per heavy atom. The summed E-state index contributed by atoms with van der Waals surface area (Å²) in [5.74, 6) is 2.14. The van der Waals surface area contributed by atoms with Gasteiger partial charge in [0.15, 0.2) is 0 Å². The first-order valence-electron chi connectivity index (χ1n) is 6.95. The molecule has 1 aliphatic rings. The average Bonchev–Trinajstić information content (AvgIpc) is 2.85. The van der Waals surface area contributed by atoms with Crippen molar-refractivity contribution in [1.29, 1.82) is 0 Å². The van der Waals surface area contributed by atoms with Gasteiger partial charge in [0.05, 0.1) is 11.4 Å². The zero-order valence-corrected chi connectivity index (χ0v) is 13.9. The lowest BCUT2D eigenvalue weighted by Gasteiger charge is -2.11. The molecule has 1 N–H and O–H groups in total. The summed E-state index contributed by atoms with van der Waals surface area (Å²) in [7, 11) is 0. The summed E-state index contributed by atoms with van der Waals surface area (Å²) in [5.41, 5.74) is 0.841. The molecule has 1 aromatic rings. The molecule has 1 aromatic heterocycles. The SMILES string of the molecule is CC(C)Cc1nc(CSC2CCCC2)[nH]c(=O)c1Br. The second-order valence-corrected chi connectivity index (χ2v) is 7.67. The first-order chi connectivity index (χ1) is 9.06. The third kappa shape index (κ3) is 4.35. The van der Waals surface area contributed by atoms with Crippen molar-refractivity contribution in [2.24, 2.45) is 5.92 Å². The second kappa shape index (κ2) is 6.93. The Bertz CT molecular complexity index is 481. The molecule has 5 heteroatoms. The fraction of sp³-hybridized carbons (Fsp3) is 0.714. The summed E-state index contributed by atoms with van der Waals surface area (Å²) in [5, 5.41) is 0.752. The maximum absolute atomic E-state index is 11.9. The van der Waals surface area contributed by atoms with Gasteiger partial charge in [-0.3, -0.25) is 4.79 Å². The normalized spacial score (nSPS) is 16.4. The quantitative estimate of drug-likeness (QED) is 0.880. The van der Waals surface area contributed by atoms with E-state index in [0.29, 0.717) is 10.4 Å². The fourth-order valence-electron chi connectivity index (χ4n) is 2.40. The zero-order chi connectivity index (χ0) is 13.8. The van der Waals surface area contributed by atoms with E-state index in [2.05, 4.69) is 39.7 Å². The van der Waals surface area contributed by atoms with Crippen LogP contribution in [0, 0.1) is 5.92 Å². The van der Waals surface area contributed by atoms with Crippen molar-refractivity contribution in [3.05, 3.63) is 26.3 Å². The molecule has 1 fully saturated rings. The fourth-order valence-corrected chi connectivity index (χ4v) is 3.95. The van der Waals surface area contributed by atoms with Gasteiger partial charge in [-0.25, -0.2) is 4.98 Å². The van der Waals surface area contributed by atoms with Crippen molar-refractivity contribution in [3.8, 4) is 0 Å². The van der Waals surface area contributed by atoms with E-state index in [1.165, 1.54) is 25.7 Å². The molecule has 0 amide bonds. The van der Waals surface area contributed by atoms with Gasteiger partial charge in [0.2, 0.25) is 0 Å². The van der Waals surface area contributed by atoms with Crippen molar-refractivity contribution in [3.63, 3.8) is 0 Å². The van der Waals surface area contributed by atoms with E-state index in [-0.39, 0.29) is 5.56 Å². The standard InChI is InChI=1S/C14H21BrN2OS/c1-9(2)7-11-13(15)14(18)17-12(16-11)8-19-10-5-3-4-6-10/h9-10H,3-8H2,1-2H3,(H,16,17,18). The van der Waals surface area contributed by atoms with Gasteiger partial charge < -0.3 is 4.98 Å². The highest BCUT2D eigenvalue weighted by molar-refractivity contribution is 9.10. The summed E-state index contributed by atoms with van der Waals surface area (Å²) in [6.45, 7) is 4.28. The largest absolute Gasteiger partial charge is 0.309 e. The van der Waals surface area contributed by atoms with E-state index in [4.69, 9.17) is 0 Å². The minimum Gasteiger partial charge on any atom is -0.309 e. The molecule has 0 saturated heterocycles.